The lowest BCUT2D eigenvalue weighted by Gasteiger charge is -2.19. The summed E-state index contributed by atoms with van der Waals surface area (Å²) in [7, 11) is 3.41. The summed E-state index contributed by atoms with van der Waals surface area (Å²) in [5.41, 5.74) is 1.01. The van der Waals surface area contributed by atoms with Crippen LogP contribution >= 0.6 is 24.0 Å². The predicted octanol–water partition coefficient (Wildman–Crippen LogP) is 3.20. The van der Waals surface area contributed by atoms with Crippen molar-refractivity contribution in [2.24, 2.45) is 10.9 Å². The van der Waals surface area contributed by atoms with Crippen molar-refractivity contribution in [2.75, 3.05) is 14.2 Å². The first-order valence-electron chi connectivity index (χ1n) is 7.51. The summed E-state index contributed by atoms with van der Waals surface area (Å²) >= 11 is 0. The van der Waals surface area contributed by atoms with Crippen molar-refractivity contribution in [1.29, 1.82) is 0 Å². The SMILES string of the molecule is CN=C(NCc1cccnc1OC)NC(C)CCC(C)C.I. The molecule has 0 amide bonds. The molecule has 0 fully saturated rings. The van der Waals surface area contributed by atoms with Crippen LogP contribution in [0.2, 0.25) is 0 Å². The summed E-state index contributed by atoms with van der Waals surface area (Å²) < 4.78 is 5.25. The largest absolute Gasteiger partial charge is 0.481 e. The maximum Gasteiger partial charge on any atom is 0.218 e. The number of aromatic nitrogens is 1. The number of aliphatic imine (C=N–C) groups is 1. The molecule has 2 N–H and O–H groups in total. The van der Waals surface area contributed by atoms with E-state index >= 15 is 0 Å². The molecule has 5 nitrogen and oxygen atoms in total. The highest BCUT2D eigenvalue weighted by Crippen LogP contribution is 2.12. The third-order valence-corrected chi connectivity index (χ3v) is 3.27. The van der Waals surface area contributed by atoms with Crippen LogP contribution in [0, 0.1) is 5.92 Å². The van der Waals surface area contributed by atoms with Crippen molar-refractivity contribution in [1.82, 2.24) is 15.6 Å². The average molecular weight is 420 g/mol. The van der Waals surface area contributed by atoms with Crippen molar-refractivity contribution >= 4 is 29.9 Å². The number of rotatable bonds is 7. The Balaban J connectivity index is 0.00000441. The second-order valence-electron chi connectivity index (χ2n) is 5.61. The highest BCUT2D eigenvalue weighted by molar-refractivity contribution is 14.0. The van der Waals surface area contributed by atoms with Crippen LogP contribution < -0.4 is 15.4 Å². The summed E-state index contributed by atoms with van der Waals surface area (Å²) in [6, 6.07) is 4.30. The van der Waals surface area contributed by atoms with E-state index in [4.69, 9.17) is 4.74 Å². The first-order valence-corrected chi connectivity index (χ1v) is 7.51. The van der Waals surface area contributed by atoms with Gasteiger partial charge in [-0.1, -0.05) is 19.9 Å². The lowest BCUT2D eigenvalue weighted by atomic mass is 10.0. The van der Waals surface area contributed by atoms with Crippen molar-refractivity contribution in [3.8, 4) is 5.88 Å². The zero-order valence-corrected chi connectivity index (χ0v) is 16.5. The van der Waals surface area contributed by atoms with Crippen molar-refractivity contribution in [3.05, 3.63) is 23.9 Å². The van der Waals surface area contributed by atoms with Crippen LogP contribution in [0.4, 0.5) is 0 Å². The van der Waals surface area contributed by atoms with Gasteiger partial charge in [0.15, 0.2) is 5.96 Å². The van der Waals surface area contributed by atoms with E-state index in [1.165, 1.54) is 6.42 Å². The van der Waals surface area contributed by atoms with Crippen LogP contribution in [-0.4, -0.2) is 31.1 Å². The molecule has 1 aromatic heterocycles. The van der Waals surface area contributed by atoms with Crippen molar-refractivity contribution < 1.29 is 4.74 Å². The van der Waals surface area contributed by atoms with E-state index < -0.39 is 0 Å². The maximum atomic E-state index is 5.25. The second kappa shape index (κ2) is 11.5. The summed E-state index contributed by atoms with van der Waals surface area (Å²) in [5.74, 6) is 2.18. The topological polar surface area (TPSA) is 58.5 Å². The highest BCUT2D eigenvalue weighted by Gasteiger charge is 2.08. The number of nitrogens with zero attached hydrogens (tertiary/aromatic N) is 2. The van der Waals surface area contributed by atoms with Crippen LogP contribution in [0.1, 0.15) is 39.2 Å². The summed E-state index contributed by atoms with van der Waals surface area (Å²) in [6.45, 7) is 7.30. The molecule has 126 valence electrons. The molecule has 0 aliphatic rings. The minimum atomic E-state index is 0. The Morgan fingerprint density at radius 3 is 2.64 bits per heavy atom. The molecule has 1 unspecified atom stereocenters. The van der Waals surface area contributed by atoms with E-state index in [-0.39, 0.29) is 24.0 Å². The van der Waals surface area contributed by atoms with E-state index in [9.17, 15) is 0 Å². The smallest absolute Gasteiger partial charge is 0.218 e. The van der Waals surface area contributed by atoms with Gasteiger partial charge >= 0.3 is 0 Å². The zero-order valence-electron chi connectivity index (χ0n) is 14.2. The van der Waals surface area contributed by atoms with Gasteiger partial charge in [-0.25, -0.2) is 4.98 Å². The molecule has 1 atom stereocenters. The van der Waals surface area contributed by atoms with Gasteiger partial charge in [-0.15, -0.1) is 24.0 Å². The molecule has 0 saturated carbocycles. The molecule has 0 aliphatic carbocycles. The van der Waals surface area contributed by atoms with Gasteiger partial charge in [-0.2, -0.15) is 0 Å². The lowest BCUT2D eigenvalue weighted by Crippen LogP contribution is -2.42. The van der Waals surface area contributed by atoms with E-state index in [1.54, 1.807) is 20.4 Å². The molecular weight excluding hydrogens is 391 g/mol. The van der Waals surface area contributed by atoms with Gasteiger partial charge in [0, 0.05) is 31.4 Å². The van der Waals surface area contributed by atoms with Gasteiger partial charge in [0.2, 0.25) is 5.88 Å². The number of hydrogen-bond acceptors (Lipinski definition) is 3. The number of halogens is 1. The molecule has 0 radical (unpaired) electrons. The minimum absolute atomic E-state index is 0. The maximum absolute atomic E-state index is 5.25. The Morgan fingerprint density at radius 2 is 2.05 bits per heavy atom. The number of nitrogens with one attached hydrogen (secondary N) is 2. The second-order valence-corrected chi connectivity index (χ2v) is 5.61. The van der Waals surface area contributed by atoms with Gasteiger partial charge in [0.25, 0.3) is 0 Å². The van der Waals surface area contributed by atoms with Crippen molar-refractivity contribution in [2.45, 2.75) is 46.2 Å². The summed E-state index contributed by atoms with van der Waals surface area (Å²) in [4.78, 5) is 8.45. The van der Waals surface area contributed by atoms with Gasteiger partial charge in [-0.05, 0) is 31.7 Å². The molecule has 6 heteroatoms. The zero-order chi connectivity index (χ0) is 15.7. The fourth-order valence-corrected chi connectivity index (χ4v) is 2.00. The highest BCUT2D eigenvalue weighted by atomic mass is 127. The Bertz CT molecular complexity index is 452. The molecular formula is C16H29IN4O. The van der Waals surface area contributed by atoms with Crippen LogP contribution in [0.3, 0.4) is 0 Å². The number of ether oxygens (including phenoxy) is 1. The standard InChI is InChI=1S/C16H28N4O.HI/c1-12(2)8-9-13(3)20-16(17-4)19-11-14-7-6-10-18-15(14)21-5;/h6-7,10,12-13H,8-9,11H2,1-5H3,(H2,17,19,20);1H. The summed E-state index contributed by atoms with van der Waals surface area (Å²) in [5, 5.41) is 6.71. The van der Waals surface area contributed by atoms with Gasteiger partial charge in [0.05, 0.1) is 7.11 Å². The first-order chi connectivity index (χ1) is 10.1. The Morgan fingerprint density at radius 1 is 1.32 bits per heavy atom. The number of methoxy groups -OCH3 is 1. The normalized spacial score (nSPS) is 12.5. The molecule has 1 aromatic rings. The van der Waals surface area contributed by atoms with E-state index in [2.05, 4.69) is 41.4 Å². The monoisotopic (exact) mass is 420 g/mol. The summed E-state index contributed by atoms with van der Waals surface area (Å²) in [6.07, 6.45) is 4.07. The lowest BCUT2D eigenvalue weighted by molar-refractivity contribution is 0.392. The third-order valence-electron chi connectivity index (χ3n) is 3.27. The van der Waals surface area contributed by atoms with Crippen molar-refractivity contribution in [3.63, 3.8) is 0 Å². The van der Waals surface area contributed by atoms with Gasteiger partial charge in [0.1, 0.15) is 0 Å². The fourth-order valence-electron chi connectivity index (χ4n) is 2.00. The van der Waals surface area contributed by atoms with Crippen LogP contribution in [0.15, 0.2) is 23.3 Å². The molecule has 0 saturated heterocycles. The fraction of sp³-hybridized carbons (Fsp3) is 0.625. The molecule has 0 aliphatic heterocycles. The van der Waals surface area contributed by atoms with Gasteiger partial charge < -0.3 is 15.4 Å². The average Bonchev–Trinajstić information content (AvgIpc) is 2.49. The number of hydrogen-bond donors (Lipinski definition) is 2. The minimum Gasteiger partial charge on any atom is -0.481 e. The molecule has 0 aromatic carbocycles. The van der Waals surface area contributed by atoms with Gasteiger partial charge in [-0.3, -0.25) is 4.99 Å². The third kappa shape index (κ3) is 7.82. The Kier molecular flexibility index (Phi) is 11.0. The Labute approximate surface area is 151 Å². The van der Waals surface area contributed by atoms with Crippen LogP contribution in [-0.2, 0) is 6.54 Å². The molecule has 0 bridgehead atoms. The number of pyridine rings is 1. The van der Waals surface area contributed by atoms with E-state index in [0.717, 1.165) is 23.9 Å². The molecule has 22 heavy (non-hydrogen) atoms. The quantitative estimate of drug-likeness (QED) is 0.404. The molecule has 0 spiro atoms. The first kappa shape index (κ1) is 20.9. The Hall–Kier alpha value is -1.05. The number of guanidine groups is 1. The predicted molar refractivity (Wildman–Crippen MR) is 103 cm³/mol. The van der Waals surface area contributed by atoms with E-state index in [0.29, 0.717) is 18.5 Å². The molecule has 1 heterocycles. The molecule has 1 rings (SSSR count). The van der Waals surface area contributed by atoms with Crippen LogP contribution in [0.25, 0.3) is 0 Å². The van der Waals surface area contributed by atoms with Crippen LogP contribution in [0.5, 0.6) is 5.88 Å². The van der Waals surface area contributed by atoms with E-state index in [1.807, 2.05) is 12.1 Å².